The lowest BCUT2D eigenvalue weighted by molar-refractivity contribution is 0.0972. The number of carbonyl (C=O) groups is 1. The highest BCUT2D eigenvalue weighted by Crippen LogP contribution is 2.19. The van der Waals surface area contributed by atoms with Crippen molar-refractivity contribution in [3.05, 3.63) is 35.4 Å². The normalized spacial score (nSPS) is 24.2. The summed E-state index contributed by atoms with van der Waals surface area (Å²) in [6.07, 6.45) is 1.02. The van der Waals surface area contributed by atoms with Gasteiger partial charge >= 0.3 is 0 Å². The Kier molecular flexibility index (Phi) is 1.25. The molecule has 56 valence electrons. The van der Waals surface area contributed by atoms with Crippen LogP contribution in [-0.4, -0.2) is 5.78 Å². The number of hydrogen-bond donors (Lipinski definition) is 0. The van der Waals surface area contributed by atoms with Crippen molar-refractivity contribution in [3.63, 3.8) is 0 Å². The van der Waals surface area contributed by atoms with Gasteiger partial charge in [0.15, 0.2) is 5.78 Å². The van der Waals surface area contributed by atoms with Gasteiger partial charge in [-0.1, -0.05) is 24.3 Å². The van der Waals surface area contributed by atoms with E-state index in [2.05, 4.69) is 0 Å². The summed E-state index contributed by atoms with van der Waals surface area (Å²) < 4.78 is 7.46. The summed E-state index contributed by atoms with van der Waals surface area (Å²) in [7, 11) is 0. The maximum absolute atomic E-state index is 11.4. The number of aryl methyl sites for hydroxylation is 1. The van der Waals surface area contributed by atoms with Crippen LogP contribution in [0.25, 0.3) is 0 Å². The molecule has 1 aromatic rings. The van der Waals surface area contributed by atoms with E-state index in [-0.39, 0.29) is 5.78 Å². The Balaban J connectivity index is 2.49. The Morgan fingerprint density at radius 1 is 1.36 bits per heavy atom. The Morgan fingerprint density at radius 3 is 3.09 bits per heavy atom. The number of rotatable bonds is 0. The second kappa shape index (κ2) is 2.50. The van der Waals surface area contributed by atoms with Crippen LogP contribution in [0, 0.1) is 0 Å². The van der Waals surface area contributed by atoms with Gasteiger partial charge in [0.05, 0.1) is 0 Å². The number of ketones is 1. The van der Waals surface area contributed by atoms with Gasteiger partial charge in [-0.15, -0.1) is 0 Å². The van der Waals surface area contributed by atoms with Crippen LogP contribution < -0.4 is 0 Å². The van der Waals surface area contributed by atoms with Crippen LogP contribution >= 0.6 is 0 Å². The maximum atomic E-state index is 11.4. The van der Waals surface area contributed by atoms with Crippen molar-refractivity contribution < 1.29 is 6.17 Å². The third-order valence-electron chi connectivity index (χ3n) is 2.03. The Labute approximate surface area is 67.5 Å². The number of hydrogen-bond acceptors (Lipinski definition) is 1. The molecule has 0 amide bonds. The van der Waals surface area contributed by atoms with Crippen molar-refractivity contribution in [3.8, 4) is 0 Å². The smallest absolute Gasteiger partial charge is 0.163 e. The van der Waals surface area contributed by atoms with Gasteiger partial charge in [0.1, 0.15) is 0 Å². The van der Waals surface area contributed by atoms with Gasteiger partial charge in [0.2, 0.25) is 0 Å². The molecule has 1 aliphatic rings. The monoisotopic (exact) mass is 147 g/mol. The first-order valence-corrected chi connectivity index (χ1v) is 3.83. The minimum atomic E-state index is -0.528. The second-order valence-corrected chi connectivity index (χ2v) is 2.76. The molecule has 1 unspecified atom stereocenters. The average Bonchev–Trinajstić information content (AvgIpc) is 2.12. The average molecular weight is 147 g/mol. The largest absolute Gasteiger partial charge is 0.294 e. The molecule has 0 fully saturated rings. The van der Waals surface area contributed by atoms with Crippen molar-refractivity contribution >= 4 is 5.78 Å². The molecule has 1 aromatic carbocycles. The van der Waals surface area contributed by atoms with Gasteiger partial charge in [0, 0.05) is 13.3 Å². The van der Waals surface area contributed by atoms with Crippen LogP contribution in [-0.2, 0) is 6.42 Å². The van der Waals surface area contributed by atoms with Gasteiger partial charge in [-0.05, 0) is 18.4 Å². The van der Waals surface area contributed by atoms with Gasteiger partial charge in [-0.25, -0.2) is 0 Å². The number of benzene rings is 1. The summed E-state index contributed by atoms with van der Waals surface area (Å²) in [6.45, 7) is 0. The lowest BCUT2D eigenvalue weighted by Gasteiger charge is -2.12. The molecule has 0 radical (unpaired) electrons. The van der Waals surface area contributed by atoms with Gasteiger partial charge in [-0.3, -0.25) is 4.79 Å². The van der Waals surface area contributed by atoms with Crippen LogP contribution in [0.15, 0.2) is 24.3 Å². The van der Waals surface area contributed by atoms with Gasteiger partial charge in [0.25, 0.3) is 0 Å². The molecule has 0 spiro atoms. The van der Waals surface area contributed by atoms with Crippen LogP contribution in [0.3, 0.4) is 0 Å². The Hall–Kier alpha value is -1.11. The number of Topliss-reactive ketones (excluding diaryl/α,β-unsaturated/α-hetero) is 1. The van der Waals surface area contributed by atoms with Gasteiger partial charge in [-0.2, -0.15) is 0 Å². The zero-order valence-electron chi connectivity index (χ0n) is 7.21. The zero-order valence-corrected chi connectivity index (χ0v) is 6.21. The lowest BCUT2D eigenvalue weighted by Crippen LogP contribution is -2.09. The van der Waals surface area contributed by atoms with E-state index in [0.29, 0.717) is 6.42 Å². The first-order valence-electron chi connectivity index (χ1n) is 4.41. The molecule has 0 aromatic heterocycles. The van der Waals surface area contributed by atoms with Crippen molar-refractivity contribution in [2.24, 2.45) is 0 Å². The van der Waals surface area contributed by atoms with E-state index in [1.807, 2.05) is 24.3 Å². The maximum Gasteiger partial charge on any atom is 0.163 e. The quantitative estimate of drug-likeness (QED) is 0.549. The van der Waals surface area contributed by atoms with Crippen LogP contribution in [0.1, 0.15) is 30.1 Å². The molecule has 0 bridgehead atoms. The van der Waals surface area contributed by atoms with Crippen molar-refractivity contribution in [2.45, 2.75) is 19.2 Å². The molecule has 0 saturated carbocycles. The summed E-state index contributed by atoms with van der Waals surface area (Å²) in [6, 6.07) is 7.59. The summed E-state index contributed by atoms with van der Waals surface area (Å²) in [5.74, 6) is -0.0168. The van der Waals surface area contributed by atoms with E-state index in [1.165, 1.54) is 0 Å². The molecule has 0 aliphatic heterocycles. The summed E-state index contributed by atoms with van der Waals surface area (Å²) >= 11 is 0. The molecule has 1 aliphatic carbocycles. The zero-order chi connectivity index (χ0) is 8.55. The second-order valence-electron chi connectivity index (χ2n) is 2.76. The Bertz CT molecular complexity index is 319. The molecule has 0 N–H and O–H groups in total. The molecular formula is C10H10O. The van der Waals surface area contributed by atoms with E-state index in [1.54, 1.807) is 0 Å². The summed E-state index contributed by atoms with van der Waals surface area (Å²) in [5.41, 5.74) is 1.86. The topological polar surface area (TPSA) is 17.1 Å². The SMILES string of the molecule is [2H]C1CCc2ccccc2C1=O. The fourth-order valence-electron chi connectivity index (χ4n) is 1.45. The highest BCUT2D eigenvalue weighted by molar-refractivity contribution is 5.98. The molecular weight excluding hydrogens is 136 g/mol. The van der Waals surface area contributed by atoms with E-state index in [9.17, 15) is 4.79 Å². The first-order chi connectivity index (χ1) is 5.79. The third-order valence-corrected chi connectivity index (χ3v) is 2.03. The fraction of sp³-hybridized carbons (Fsp3) is 0.300. The molecule has 1 atom stereocenters. The molecule has 0 saturated heterocycles. The standard InChI is InChI=1S/C10H10O/c11-10-7-3-5-8-4-1-2-6-9(8)10/h1-2,4,6H,3,5,7H2/i7D. The van der Waals surface area contributed by atoms with E-state index < -0.39 is 6.40 Å². The molecule has 1 nitrogen and oxygen atoms in total. The van der Waals surface area contributed by atoms with E-state index >= 15 is 0 Å². The minimum absolute atomic E-state index is 0.0168. The van der Waals surface area contributed by atoms with E-state index in [4.69, 9.17) is 1.37 Å². The van der Waals surface area contributed by atoms with Crippen LogP contribution in [0.4, 0.5) is 0 Å². The first kappa shape index (κ1) is 5.53. The van der Waals surface area contributed by atoms with Crippen LogP contribution in [0.2, 0.25) is 0 Å². The predicted molar refractivity (Wildman–Crippen MR) is 43.7 cm³/mol. The molecule has 1 heteroatoms. The highest BCUT2D eigenvalue weighted by atomic mass is 16.1. The fourth-order valence-corrected chi connectivity index (χ4v) is 1.45. The van der Waals surface area contributed by atoms with Crippen molar-refractivity contribution in [1.82, 2.24) is 0 Å². The molecule has 11 heavy (non-hydrogen) atoms. The minimum Gasteiger partial charge on any atom is -0.294 e. The highest BCUT2D eigenvalue weighted by Gasteiger charge is 2.14. The number of carbonyl (C=O) groups excluding carboxylic acids is 1. The number of fused-ring (bicyclic) bond motifs is 1. The van der Waals surface area contributed by atoms with Crippen molar-refractivity contribution in [2.75, 3.05) is 0 Å². The third kappa shape index (κ3) is 1.07. The Morgan fingerprint density at radius 2 is 2.18 bits per heavy atom. The lowest BCUT2D eigenvalue weighted by atomic mass is 9.91. The van der Waals surface area contributed by atoms with E-state index in [0.717, 1.165) is 17.5 Å². The molecule has 2 rings (SSSR count). The summed E-state index contributed by atoms with van der Waals surface area (Å²) in [5, 5.41) is 0. The van der Waals surface area contributed by atoms with Crippen LogP contribution in [0.5, 0.6) is 0 Å². The van der Waals surface area contributed by atoms with Gasteiger partial charge < -0.3 is 0 Å². The summed E-state index contributed by atoms with van der Waals surface area (Å²) in [4.78, 5) is 11.4. The predicted octanol–water partition coefficient (Wildman–Crippen LogP) is 2.21. The van der Waals surface area contributed by atoms with Crippen molar-refractivity contribution in [1.29, 1.82) is 0 Å². The molecule has 0 heterocycles.